The first-order chi connectivity index (χ1) is 24.1. The molecule has 0 amide bonds. The van der Waals surface area contributed by atoms with Crippen molar-refractivity contribution in [1.82, 2.24) is 0 Å². The minimum Gasteiger partial charge on any atom is -0.480 e. The van der Waals surface area contributed by atoms with Crippen LogP contribution in [-0.2, 0) is 37.5 Å². The molecule has 12 heteroatoms. The van der Waals surface area contributed by atoms with E-state index < -0.39 is 51.1 Å². The molecule has 0 aromatic heterocycles. The van der Waals surface area contributed by atoms with Crippen molar-refractivity contribution < 1.29 is 47.5 Å². The smallest absolute Gasteiger partial charge is 0.472 e. The lowest BCUT2D eigenvalue weighted by molar-refractivity contribution is -0.161. The maximum Gasteiger partial charge on any atom is 0.472 e. The molecule has 0 aliphatic heterocycles. The van der Waals surface area contributed by atoms with Crippen molar-refractivity contribution in [3.8, 4) is 0 Å². The van der Waals surface area contributed by atoms with Gasteiger partial charge in [-0.15, -0.1) is 0 Å². The van der Waals surface area contributed by atoms with E-state index in [2.05, 4.69) is 48.8 Å². The second kappa shape index (κ2) is 33.6. The first kappa shape index (κ1) is 47.4. The topological polar surface area (TPSA) is 172 Å². The van der Waals surface area contributed by atoms with E-state index in [1.807, 2.05) is 18.2 Å². The number of esters is 2. The number of carboxylic acids is 1. The standard InChI is InChI=1S/C38H66NO10P/c1-3-5-7-9-11-13-15-17-19-21-23-25-27-29-36(40)46-31-34(32-47-50(44,45)48-33-35(39)38(42)43)49-37(41)30-28-26-24-22-20-18-16-14-12-10-8-6-4-2/h6,8,12,14,18,20,24,26,34-35H,3-5,7,9-11,13,15-17,19,21-23,25,27-33,39H2,1-2H3,(H,42,43)(H,44,45)/b8-6-,14-12-,20-18-,26-24-. The van der Waals surface area contributed by atoms with Gasteiger partial charge in [0.2, 0.25) is 0 Å². The van der Waals surface area contributed by atoms with E-state index in [9.17, 15) is 23.8 Å². The van der Waals surface area contributed by atoms with Gasteiger partial charge in [0.25, 0.3) is 0 Å². The van der Waals surface area contributed by atoms with Gasteiger partial charge in [-0.05, 0) is 38.5 Å². The highest BCUT2D eigenvalue weighted by molar-refractivity contribution is 7.47. The summed E-state index contributed by atoms with van der Waals surface area (Å²) < 4.78 is 32.4. The zero-order valence-corrected chi connectivity index (χ0v) is 31.6. The Labute approximate surface area is 301 Å². The molecule has 0 radical (unpaired) electrons. The van der Waals surface area contributed by atoms with Gasteiger partial charge in [-0.2, -0.15) is 0 Å². The molecule has 50 heavy (non-hydrogen) atoms. The predicted octanol–water partition coefficient (Wildman–Crippen LogP) is 9.05. The number of hydrogen-bond acceptors (Lipinski definition) is 9. The van der Waals surface area contributed by atoms with Crippen molar-refractivity contribution in [2.45, 2.75) is 154 Å². The summed E-state index contributed by atoms with van der Waals surface area (Å²) in [5.41, 5.74) is 5.30. The highest BCUT2D eigenvalue weighted by Gasteiger charge is 2.28. The van der Waals surface area contributed by atoms with E-state index in [-0.39, 0.29) is 19.4 Å². The van der Waals surface area contributed by atoms with Crippen molar-refractivity contribution in [1.29, 1.82) is 0 Å². The van der Waals surface area contributed by atoms with Crippen molar-refractivity contribution in [3.05, 3.63) is 48.6 Å². The molecule has 0 bridgehead atoms. The minimum absolute atomic E-state index is 0.0401. The van der Waals surface area contributed by atoms with Gasteiger partial charge in [0.05, 0.1) is 13.2 Å². The lowest BCUT2D eigenvalue weighted by atomic mass is 10.0. The number of aliphatic carboxylic acids is 1. The molecule has 0 aromatic carbocycles. The van der Waals surface area contributed by atoms with Gasteiger partial charge in [-0.25, -0.2) is 4.57 Å². The number of carbonyl (C=O) groups is 3. The molecule has 0 aromatic rings. The van der Waals surface area contributed by atoms with Gasteiger partial charge < -0.3 is 25.2 Å². The molecule has 0 saturated heterocycles. The molecule has 3 unspecified atom stereocenters. The SMILES string of the molecule is CC/C=C\C/C=C\C/C=C\C/C=C\CCC(=O)OC(COC(=O)CCCCCCCCCCCCCCC)COP(=O)(O)OCC(N)C(=O)O. The number of allylic oxidation sites excluding steroid dienone is 8. The summed E-state index contributed by atoms with van der Waals surface area (Å²) in [5, 5.41) is 8.85. The lowest BCUT2D eigenvalue weighted by Crippen LogP contribution is -2.34. The van der Waals surface area contributed by atoms with Gasteiger partial charge in [0.15, 0.2) is 6.10 Å². The number of phosphoric acid groups is 1. The van der Waals surface area contributed by atoms with Gasteiger partial charge in [-0.1, -0.05) is 140 Å². The quantitative estimate of drug-likeness (QED) is 0.0250. The number of carboxylic acid groups (broad SMARTS) is 1. The number of carbonyl (C=O) groups excluding carboxylic acids is 2. The Morgan fingerprint density at radius 1 is 0.640 bits per heavy atom. The number of ether oxygens (including phenoxy) is 2. The van der Waals surface area contributed by atoms with Gasteiger partial charge in [0, 0.05) is 12.8 Å². The lowest BCUT2D eigenvalue weighted by Gasteiger charge is -2.20. The first-order valence-electron chi connectivity index (χ1n) is 18.7. The Balaban J connectivity index is 4.56. The summed E-state index contributed by atoms with van der Waals surface area (Å²) in [4.78, 5) is 45.6. The molecule has 0 saturated carbocycles. The fourth-order valence-electron chi connectivity index (χ4n) is 4.67. The van der Waals surface area contributed by atoms with Gasteiger partial charge >= 0.3 is 25.7 Å². The van der Waals surface area contributed by atoms with Crippen LogP contribution in [0.3, 0.4) is 0 Å². The van der Waals surface area contributed by atoms with E-state index in [0.29, 0.717) is 12.8 Å². The van der Waals surface area contributed by atoms with Crippen LogP contribution in [0, 0.1) is 0 Å². The molecule has 0 rings (SSSR count). The monoisotopic (exact) mass is 727 g/mol. The second-order valence-electron chi connectivity index (χ2n) is 12.3. The molecule has 0 aliphatic carbocycles. The van der Waals surface area contributed by atoms with Crippen molar-refractivity contribution in [3.63, 3.8) is 0 Å². The summed E-state index contributed by atoms with van der Waals surface area (Å²) in [6, 6.07) is -1.53. The third-order valence-corrected chi connectivity index (χ3v) is 8.56. The maximum absolute atomic E-state index is 12.5. The Morgan fingerprint density at radius 3 is 1.64 bits per heavy atom. The zero-order chi connectivity index (χ0) is 37.1. The highest BCUT2D eigenvalue weighted by Crippen LogP contribution is 2.43. The second-order valence-corrected chi connectivity index (χ2v) is 13.8. The predicted molar refractivity (Wildman–Crippen MR) is 198 cm³/mol. The number of hydrogen-bond donors (Lipinski definition) is 3. The molecule has 4 N–H and O–H groups in total. The summed E-state index contributed by atoms with van der Waals surface area (Å²) >= 11 is 0. The number of unbranched alkanes of at least 4 members (excludes halogenated alkanes) is 12. The molecule has 288 valence electrons. The van der Waals surface area contributed by atoms with Crippen molar-refractivity contribution >= 4 is 25.7 Å². The fourth-order valence-corrected chi connectivity index (χ4v) is 5.44. The van der Waals surface area contributed by atoms with E-state index in [1.54, 1.807) is 0 Å². The largest absolute Gasteiger partial charge is 0.480 e. The van der Waals surface area contributed by atoms with E-state index >= 15 is 0 Å². The number of phosphoric ester groups is 1. The highest BCUT2D eigenvalue weighted by atomic mass is 31.2. The summed E-state index contributed by atoms with van der Waals surface area (Å²) in [6.07, 6.45) is 34.9. The Kier molecular flexibility index (Phi) is 31.9. The third kappa shape index (κ3) is 32.6. The zero-order valence-electron chi connectivity index (χ0n) is 30.7. The minimum atomic E-state index is -4.73. The molecule has 0 aliphatic rings. The van der Waals surface area contributed by atoms with Crippen LogP contribution in [0.1, 0.15) is 142 Å². The third-order valence-electron chi connectivity index (χ3n) is 7.60. The molecular formula is C38H66NO10P. The van der Waals surface area contributed by atoms with Crippen LogP contribution >= 0.6 is 7.82 Å². The Bertz CT molecular complexity index is 1040. The van der Waals surface area contributed by atoms with Crippen LogP contribution in [0.5, 0.6) is 0 Å². The molecule has 0 heterocycles. The Morgan fingerprint density at radius 2 is 1.12 bits per heavy atom. The normalized spacial score (nSPS) is 14.5. The molecule has 3 atom stereocenters. The first-order valence-corrected chi connectivity index (χ1v) is 20.2. The van der Waals surface area contributed by atoms with Crippen molar-refractivity contribution in [2.24, 2.45) is 5.73 Å². The number of nitrogens with two attached hydrogens (primary N) is 1. The van der Waals surface area contributed by atoms with Crippen LogP contribution in [0.25, 0.3) is 0 Å². The maximum atomic E-state index is 12.5. The van der Waals surface area contributed by atoms with Gasteiger partial charge in [-0.3, -0.25) is 23.4 Å². The molecule has 0 fully saturated rings. The average molecular weight is 728 g/mol. The Hall–Kier alpha value is -2.56. The van der Waals surface area contributed by atoms with Crippen LogP contribution in [0.4, 0.5) is 0 Å². The van der Waals surface area contributed by atoms with Crippen molar-refractivity contribution in [2.75, 3.05) is 19.8 Å². The van der Waals surface area contributed by atoms with E-state index in [0.717, 1.165) is 44.9 Å². The van der Waals surface area contributed by atoms with E-state index in [1.165, 1.54) is 57.8 Å². The summed E-state index contributed by atoms with van der Waals surface area (Å²) in [5.74, 6) is -2.49. The van der Waals surface area contributed by atoms with E-state index in [4.69, 9.17) is 24.8 Å². The molecule has 11 nitrogen and oxygen atoms in total. The van der Waals surface area contributed by atoms with Gasteiger partial charge in [0.1, 0.15) is 12.6 Å². The fraction of sp³-hybridized carbons (Fsp3) is 0.711. The summed E-state index contributed by atoms with van der Waals surface area (Å²) in [7, 11) is -4.73. The average Bonchev–Trinajstić information content (AvgIpc) is 3.09. The van der Waals surface area contributed by atoms with Crippen LogP contribution in [-0.4, -0.2) is 59.9 Å². The van der Waals surface area contributed by atoms with Crippen LogP contribution in [0.2, 0.25) is 0 Å². The summed E-state index contributed by atoms with van der Waals surface area (Å²) in [6.45, 7) is 2.58. The molecular weight excluding hydrogens is 661 g/mol. The molecule has 0 spiro atoms. The number of rotatable bonds is 34. The van der Waals surface area contributed by atoms with Crippen LogP contribution in [0.15, 0.2) is 48.6 Å². The van der Waals surface area contributed by atoms with Crippen LogP contribution < -0.4 is 5.73 Å².